The first-order valence-corrected chi connectivity index (χ1v) is 10.6. The molecule has 2 unspecified atom stereocenters. The minimum atomic E-state index is -3.50. The molecule has 0 aliphatic carbocycles. The Labute approximate surface area is 160 Å². The molecule has 2 heterocycles. The van der Waals surface area contributed by atoms with Crippen molar-refractivity contribution in [3.05, 3.63) is 23.8 Å². The van der Waals surface area contributed by atoms with Crippen LogP contribution in [0.4, 0.5) is 0 Å². The van der Waals surface area contributed by atoms with Crippen LogP contribution >= 0.6 is 0 Å². The van der Waals surface area contributed by atoms with Gasteiger partial charge in [0.15, 0.2) is 11.5 Å². The number of hydrogen-bond acceptors (Lipinski definition) is 5. The summed E-state index contributed by atoms with van der Waals surface area (Å²) in [5, 5.41) is 3.00. The summed E-state index contributed by atoms with van der Waals surface area (Å²) in [6, 6.07) is 5.41. The van der Waals surface area contributed by atoms with E-state index in [1.54, 1.807) is 0 Å². The zero-order valence-corrected chi connectivity index (χ0v) is 16.8. The van der Waals surface area contributed by atoms with Gasteiger partial charge in [0.2, 0.25) is 5.91 Å². The number of nitrogens with zero attached hydrogens (tertiary/aromatic N) is 2. The molecule has 1 fully saturated rings. The Morgan fingerprint density at radius 2 is 1.96 bits per heavy atom. The number of piperidine rings is 1. The van der Waals surface area contributed by atoms with Crippen LogP contribution in [0, 0.1) is 5.92 Å². The lowest BCUT2D eigenvalue weighted by Crippen LogP contribution is -2.49. The molecule has 0 saturated carbocycles. The first-order valence-electron chi connectivity index (χ1n) is 9.16. The highest BCUT2D eigenvalue weighted by Crippen LogP contribution is 2.32. The Bertz CT molecular complexity index is 796. The van der Waals surface area contributed by atoms with E-state index in [0.717, 1.165) is 5.56 Å². The van der Waals surface area contributed by atoms with Gasteiger partial charge in [-0.05, 0) is 37.5 Å². The smallest absolute Gasteiger partial charge is 0.281 e. The number of benzene rings is 1. The van der Waals surface area contributed by atoms with Crippen LogP contribution < -0.4 is 14.8 Å². The second kappa shape index (κ2) is 8.04. The highest BCUT2D eigenvalue weighted by atomic mass is 32.2. The normalized spacial score (nSPS) is 21.7. The number of amides is 1. The molecule has 1 aromatic carbocycles. The molecule has 2 atom stereocenters. The van der Waals surface area contributed by atoms with E-state index in [2.05, 4.69) is 5.32 Å². The molecule has 3 rings (SSSR count). The predicted octanol–water partition coefficient (Wildman–Crippen LogP) is 1.15. The van der Waals surface area contributed by atoms with Crippen LogP contribution in [0.25, 0.3) is 0 Å². The van der Waals surface area contributed by atoms with Gasteiger partial charge in [-0.3, -0.25) is 4.79 Å². The summed E-state index contributed by atoms with van der Waals surface area (Å²) in [6.45, 7) is 3.60. The number of fused-ring (bicyclic) bond motifs is 1. The number of carbonyl (C=O) groups excluding carboxylic acids is 1. The van der Waals surface area contributed by atoms with Gasteiger partial charge in [-0.2, -0.15) is 17.0 Å². The van der Waals surface area contributed by atoms with Crippen LogP contribution in [-0.4, -0.2) is 63.3 Å². The van der Waals surface area contributed by atoms with E-state index in [4.69, 9.17) is 9.47 Å². The van der Waals surface area contributed by atoms with Crippen molar-refractivity contribution in [2.45, 2.75) is 25.8 Å². The van der Waals surface area contributed by atoms with Crippen molar-refractivity contribution < 1.29 is 22.7 Å². The standard InChI is InChI=1S/C18H27N3O5S/c1-13(14-6-7-16-17(11-14)26-10-9-25-16)19-18(22)15-5-4-8-21(12-15)27(23,24)20(2)3/h6-7,11,13,15H,4-5,8-10,12H2,1-3H3,(H,19,22). The topological polar surface area (TPSA) is 88.2 Å². The SMILES string of the molecule is CC(NC(=O)C1CCCN(S(=O)(=O)N(C)C)C1)c1ccc2c(c1)OCCO2. The van der Waals surface area contributed by atoms with Gasteiger partial charge in [-0.25, -0.2) is 0 Å². The zero-order chi connectivity index (χ0) is 19.6. The Morgan fingerprint density at radius 3 is 2.67 bits per heavy atom. The van der Waals surface area contributed by atoms with Crippen molar-refractivity contribution in [1.82, 2.24) is 13.9 Å². The van der Waals surface area contributed by atoms with Crippen molar-refractivity contribution in [3.8, 4) is 11.5 Å². The first-order chi connectivity index (χ1) is 12.8. The third kappa shape index (κ3) is 4.36. The Kier molecular flexibility index (Phi) is 5.92. The van der Waals surface area contributed by atoms with E-state index in [1.165, 1.54) is 22.7 Å². The maximum atomic E-state index is 12.7. The van der Waals surface area contributed by atoms with Crippen LogP contribution in [0.5, 0.6) is 11.5 Å². The summed E-state index contributed by atoms with van der Waals surface area (Å²) in [4.78, 5) is 12.7. The molecular weight excluding hydrogens is 370 g/mol. The number of nitrogens with one attached hydrogen (secondary N) is 1. The summed E-state index contributed by atoms with van der Waals surface area (Å²) >= 11 is 0. The largest absolute Gasteiger partial charge is 0.486 e. The predicted molar refractivity (Wildman–Crippen MR) is 101 cm³/mol. The van der Waals surface area contributed by atoms with E-state index < -0.39 is 10.2 Å². The monoisotopic (exact) mass is 397 g/mol. The van der Waals surface area contributed by atoms with Gasteiger partial charge < -0.3 is 14.8 Å². The second-order valence-corrected chi connectivity index (χ2v) is 9.26. The average molecular weight is 397 g/mol. The molecule has 0 bridgehead atoms. The van der Waals surface area contributed by atoms with E-state index >= 15 is 0 Å². The Hall–Kier alpha value is -1.84. The maximum absolute atomic E-state index is 12.7. The quantitative estimate of drug-likeness (QED) is 0.805. The van der Waals surface area contributed by atoms with Gasteiger partial charge in [0, 0.05) is 27.2 Å². The van der Waals surface area contributed by atoms with Crippen molar-refractivity contribution in [2.75, 3.05) is 40.4 Å². The summed E-state index contributed by atoms with van der Waals surface area (Å²) < 4.78 is 38.3. The molecule has 0 radical (unpaired) electrons. The van der Waals surface area contributed by atoms with Crippen molar-refractivity contribution >= 4 is 16.1 Å². The molecule has 9 heteroatoms. The summed E-state index contributed by atoms with van der Waals surface area (Å²) in [6.07, 6.45) is 1.35. The van der Waals surface area contributed by atoms with Crippen molar-refractivity contribution in [2.24, 2.45) is 5.92 Å². The number of carbonyl (C=O) groups is 1. The van der Waals surface area contributed by atoms with E-state index in [9.17, 15) is 13.2 Å². The lowest BCUT2D eigenvalue weighted by molar-refractivity contribution is -0.126. The number of hydrogen-bond donors (Lipinski definition) is 1. The van der Waals surface area contributed by atoms with Gasteiger partial charge in [0.1, 0.15) is 13.2 Å². The number of ether oxygens (including phenoxy) is 2. The third-order valence-corrected chi connectivity index (χ3v) is 6.87. The summed E-state index contributed by atoms with van der Waals surface area (Å²) in [5.74, 6) is 0.908. The molecular formula is C18H27N3O5S. The van der Waals surface area contributed by atoms with E-state index in [-0.39, 0.29) is 24.4 Å². The van der Waals surface area contributed by atoms with Gasteiger partial charge in [0.05, 0.1) is 12.0 Å². The molecule has 1 aromatic rings. The molecule has 2 aliphatic rings. The lowest BCUT2D eigenvalue weighted by atomic mass is 9.97. The summed E-state index contributed by atoms with van der Waals surface area (Å²) in [7, 11) is -0.495. The second-order valence-electron chi connectivity index (χ2n) is 7.12. The number of rotatable bonds is 5. The molecule has 27 heavy (non-hydrogen) atoms. The molecule has 150 valence electrons. The molecule has 1 saturated heterocycles. The maximum Gasteiger partial charge on any atom is 0.281 e. The summed E-state index contributed by atoms with van der Waals surface area (Å²) in [5.41, 5.74) is 0.918. The van der Waals surface area contributed by atoms with Crippen molar-refractivity contribution in [1.29, 1.82) is 0 Å². The van der Waals surface area contributed by atoms with Gasteiger partial charge in [0.25, 0.3) is 10.2 Å². The molecule has 0 aromatic heterocycles. The minimum Gasteiger partial charge on any atom is -0.486 e. The molecule has 0 spiro atoms. The van der Waals surface area contributed by atoms with Gasteiger partial charge in [-0.1, -0.05) is 6.07 Å². The highest BCUT2D eigenvalue weighted by molar-refractivity contribution is 7.86. The van der Waals surface area contributed by atoms with E-state index in [0.29, 0.717) is 44.1 Å². The third-order valence-electron chi connectivity index (χ3n) is 4.97. The van der Waals surface area contributed by atoms with Crippen LogP contribution in [0.3, 0.4) is 0 Å². The lowest BCUT2D eigenvalue weighted by Gasteiger charge is -2.33. The van der Waals surface area contributed by atoms with Crippen molar-refractivity contribution in [3.63, 3.8) is 0 Å². The minimum absolute atomic E-state index is 0.129. The van der Waals surface area contributed by atoms with Gasteiger partial charge >= 0.3 is 0 Å². The van der Waals surface area contributed by atoms with Crippen LogP contribution in [0.1, 0.15) is 31.4 Å². The molecule has 8 nitrogen and oxygen atoms in total. The van der Waals surface area contributed by atoms with Crippen LogP contribution in [-0.2, 0) is 15.0 Å². The van der Waals surface area contributed by atoms with Gasteiger partial charge in [-0.15, -0.1) is 0 Å². The van der Waals surface area contributed by atoms with E-state index in [1.807, 2.05) is 25.1 Å². The first kappa shape index (κ1) is 19.9. The molecule has 1 amide bonds. The van der Waals surface area contributed by atoms with Crippen LogP contribution in [0.15, 0.2) is 18.2 Å². The fourth-order valence-corrected chi connectivity index (χ4v) is 4.53. The molecule has 2 aliphatic heterocycles. The highest BCUT2D eigenvalue weighted by Gasteiger charge is 2.33. The fourth-order valence-electron chi connectivity index (χ4n) is 3.34. The van der Waals surface area contributed by atoms with Crippen LogP contribution in [0.2, 0.25) is 0 Å². The molecule has 1 N–H and O–H groups in total. The average Bonchev–Trinajstić information content (AvgIpc) is 2.67. The zero-order valence-electron chi connectivity index (χ0n) is 16.0. The Morgan fingerprint density at radius 1 is 1.26 bits per heavy atom. The fraction of sp³-hybridized carbons (Fsp3) is 0.611. The Balaban J connectivity index is 1.64.